The van der Waals surface area contributed by atoms with E-state index < -0.39 is 17.3 Å². The van der Waals surface area contributed by atoms with Crippen LogP contribution in [0.4, 0.5) is 13.2 Å². The smallest absolute Gasteiger partial charge is 0.419 e. The van der Waals surface area contributed by atoms with Crippen LogP contribution in [-0.4, -0.2) is 39.8 Å². The number of aliphatic hydroxyl groups is 1. The predicted octanol–water partition coefficient (Wildman–Crippen LogP) is 3.24. The van der Waals surface area contributed by atoms with Gasteiger partial charge in [0, 0.05) is 19.3 Å². The van der Waals surface area contributed by atoms with Crippen LogP contribution in [0, 0.1) is 11.3 Å². The maximum Gasteiger partial charge on any atom is 0.419 e. The molecule has 0 radical (unpaired) electrons. The van der Waals surface area contributed by atoms with Crippen LogP contribution in [0.3, 0.4) is 0 Å². The van der Waals surface area contributed by atoms with Gasteiger partial charge in [-0.1, -0.05) is 13.0 Å². The monoisotopic (exact) mass is 410 g/mol. The summed E-state index contributed by atoms with van der Waals surface area (Å²) in [5.74, 6) is -0.334. The van der Waals surface area contributed by atoms with Gasteiger partial charge < -0.3 is 14.4 Å². The van der Waals surface area contributed by atoms with E-state index >= 15 is 0 Å². The topological polar surface area (TPSA) is 74.3 Å². The van der Waals surface area contributed by atoms with E-state index in [4.69, 9.17) is 9.84 Å². The van der Waals surface area contributed by atoms with Crippen molar-refractivity contribution in [3.05, 3.63) is 47.0 Å². The number of alkyl halides is 3. The Morgan fingerprint density at radius 2 is 2.03 bits per heavy atom. The summed E-state index contributed by atoms with van der Waals surface area (Å²) < 4.78 is 47.2. The van der Waals surface area contributed by atoms with Crippen molar-refractivity contribution < 1.29 is 23.0 Å². The first kappa shape index (κ1) is 22.7. The van der Waals surface area contributed by atoms with Crippen LogP contribution in [0.15, 0.2) is 24.5 Å². The average molecular weight is 410 g/mol. The summed E-state index contributed by atoms with van der Waals surface area (Å²) in [5.41, 5.74) is -0.165. The minimum absolute atomic E-state index is 0.104. The molecule has 2 rings (SSSR count). The minimum Gasteiger partial charge on any atom is -0.491 e. The second-order valence-corrected chi connectivity index (χ2v) is 6.94. The fourth-order valence-corrected chi connectivity index (χ4v) is 3.21. The number of hydrogen-bond acceptors (Lipinski definition) is 5. The van der Waals surface area contributed by atoms with Gasteiger partial charge in [0.15, 0.2) is 5.54 Å². The van der Waals surface area contributed by atoms with E-state index in [9.17, 15) is 18.4 Å². The largest absolute Gasteiger partial charge is 0.491 e. The Labute approximate surface area is 168 Å². The molecule has 1 heterocycles. The molecule has 1 aromatic carbocycles. The van der Waals surface area contributed by atoms with Gasteiger partial charge in [-0.25, -0.2) is 4.98 Å². The van der Waals surface area contributed by atoms with Gasteiger partial charge in [-0.05, 0) is 38.1 Å². The molecule has 1 unspecified atom stereocenters. The van der Waals surface area contributed by atoms with Crippen LogP contribution in [0.5, 0.6) is 5.75 Å². The van der Waals surface area contributed by atoms with Crippen molar-refractivity contribution in [3.8, 4) is 11.8 Å². The molecule has 6 nitrogen and oxygen atoms in total. The van der Waals surface area contributed by atoms with E-state index in [1.165, 1.54) is 12.1 Å². The lowest BCUT2D eigenvalue weighted by Crippen LogP contribution is -2.40. The fourth-order valence-electron chi connectivity index (χ4n) is 3.21. The number of imidazole rings is 1. The second-order valence-electron chi connectivity index (χ2n) is 6.94. The molecule has 0 saturated carbocycles. The zero-order valence-corrected chi connectivity index (χ0v) is 16.9. The molecule has 1 aromatic heterocycles. The van der Waals surface area contributed by atoms with E-state index in [-0.39, 0.29) is 25.5 Å². The molecular formula is C20H25F3N4O2. The molecule has 0 saturated heterocycles. The molecular weight excluding hydrogens is 385 g/mol. The zero-order valence-electron chi connectivity index (χ0n) is 16.9. The van der Waals surface area contributed by atoms with Gasteiger partial charge in [-0.3, -0.25) is 4.90 Å². The Kier molecular flexibility index (Phi) is 6.93. The lowest BCUT2D eigenvalue weighted by Gasteiger charge is -2.32. The van der Waals surface area contributed by atoms with E-state index in [1.54, 1.807) is 25.2 Å². The van der Waals surface area contributed by atoms with Crippen LogP contribution >= 0.6 is 0 Å². The van der Waals surface area contributed by atoms with Crippen molar-refractivity contribution in [1.29, 1.82) is 5.26 Å². The molecule has 0 spiro atoms. The van der Waals surface area contributed by atoms with Crippen molar-refractivity contribution in [1.82, 2.24) is 14.5 Å². The van der Waals surface area contributed by atoms with Crippen molar-refractivity contribution in [3.63, 3.8) is 0 Å². The van der Waals surface area contributed by atoms with Gasteiger partial charge >= 0.3 is 6.18 Å². The fraction of sp³-hybridized carbons (Fsp3) is 0.500. The first-order valence-electron chi connectivity index (χ1n) is 9.15. The van der Waals surface area contributed by atoms with Crippen LogP contribution in [0.1, 0.15) is 36.4 Å². The summed E-state index contributed by atoms with van der Waals surface area (Å²) >= 11 is 0. The normalized spacial score (nSPS) is 13.9. The Bertz CT molecular complexity index is 889. The van der Waals surface area contributed by atoms with E-state index in [2.05, 4.69) is 11.1 Å². The van der Waals surface area contributed by atoms with Gasteiger partial charge in [0.2, 0.25) is 0 Å². The first-order valence-corrected chi connectivity index (χ1v) is 9.15. The molecule has 0 aliphatic carbocycles. The summed E-state index contributed by atoms with van der Waals surface area (Å²) in [7, 11) is 3.52. The third-order valence-corrected chi connectivity index (χ3v) is 4.95. The van der Waals surface area contributed by atoms with Crippen LogP contribution < -0.4 is 4.74 Å². The van der Waals surface area contributed by atoms with Crippen molar-refractivity contribution in [2.45, 2.75) is 38.5 Å². The maximum atomic E-state index is 13.4. The maximum absolute atomic E-state index is 13.4. The summed E-state index contributed by atoms with van der Waals surface area (Å²) in [4.78, 5) is 6.05. The highest BCUT2D eigenvalue weighted by molar-refractivity contribution is 5.40. The highest BCUT2D eigenvalue weighted by Gasteiger charge is 2.38. The molecule has 2 aromatic rings. The zero-order chi connectivity index (χ0) is 21.8. The highest BCUT2D eigenvalue weighted by atomic mass is 19.4. The lowest BCUT2D eigenvalue weighted by molar-refractivity contribution is -0.139. The standard InChI is InChI=1S/C20H25F3N4O2/c1-5-16-18(25-13-26(16)3)19(2,12-24)27(4)11-14-6-7-17(29-9-8-28)15(10-14)20(21,22)23/h6-7,10,13,28H,5,8-9,11H2,1-4H3. The molecule has 1 atom stereocenters. The van der Waals surface area contributed by atoms with Gasteiger partial charge in [0.05, 0.1) is 30.3 Å². The molecule has 0 bridgehead atoms. The van der Waals surface area contributed by atoms with Crippen LogP contribution in [0.2, 0.25) is 0 Å². The van der Waals surface area contributed by atoms with E-state index in [1.807, 2.05) is 18.5 Å². The average Bonchev–Trinajstić information content (AvgIpc) is 3.06. The van der Waals surface area contributed by atoms with E-state index in [0.717, 1.165) is 11.8 Å². The summed E-state index contributed by atoms with van der Waals surface area (Å²) in [6, 6.07) is 6.04. The molecule has 9 heteroatoms. The lowest BCUT2D eigenvalue weighted by atomic mass is 9.94. The summed E-state index contributed by atoms with van der Waals surface area (Å²) in [6.45, 7) is 3.16. The number of nitriles is 1. The van der Waals surface area contributed by atoms with Crippen molar-refractivity contribution in [2.24, 2.45) is 7.05 Å². The van der Waals surface area contributed by atoms with E-state index in [0.29, 0.717) is 17.7 Å². The second kappa shape index (κ2) is 8.84. The van der Waals surface area contributed by atoms with Gasteiger partial charge in [0.1, 0.15) is 12.4 Å². The number of nitrogens with zero attached hydrogens (tertiary/aromatic N) is 4. The van der Waals surface area contributed by atoms with Crippen LogP contribution in [-0.2, 0) is 31.7 Å². The molecule has 0 amide bonds. The number of benzene rings is 1. The van der Waals surface area contributed by atoms with Crippen molar-refractivity contribution in [2.75, 3.05) is 20.3 Å². The number of aromatic nitrogens is 2. The quantitative estimate of drug-likeness (QED) is 0.723. The number of rotatable bonds is 8. The number of aryl methyl sites for hydroxylation is 1. The van der Waals surface area contributed by atoms with Gasteiger partial charge in [-0.15, -0.1) is 0 Å². The minimum atomic E-state index is -4.60. The number of ether oxygens (including phenoxy) is 1. The SMILES string of the molecule is CCc1c(C(C)(C#N)N(C)Cc2ccc(OCCO)c(C(F)(F)F)c2)ncn1C. The third kappa shape index (κ3) is 4.71. The number of halogens is 3. The van der Waals surface area contributed by atoms with Gasteiger partial charge in [0.25, 0.3) is 0 Å². The molecule has 0 fully saturated rings. The molecule has 158 valence electrons. The molecule has 29 heavy (non-hydrogen) atoms. The highest BCUT2D eigenvalue weighted by Crippen LogP contribution is 2.38. The summed E-state index contributed by atoms with van der Waals surface area (Å²) in [6.07, 6.45) is -2.30. The van der Waals surface area contributed by atoms with Gasteiger partial charge in [-0.2, -0.15) is 18.4 Å². The molecule has 0 aliphatic heterocycles. The third-order valence-electron chi connectivity index (χ3n) is 4.95. The first-order chi connectivity index (χ1) is 13.6. The molecule has 0 aliphatic rings. The Balaban J connectivity index is 2.37. The number of hydrogen-bond donors (Lipinski definition) is 1. The number of aliphatic hydroxyl groups excluding tert-OH is 1. The van der Waals surface area contributed by atoms with Crippen LogP contribution in [0.25, 0.3) is 0 Å². The Hall–Kier alpha value is -2.57. The summed E-state index contributed by atoms with van der Waals surface area (Å²) in [5, 5.41) is 18.7. The molecule has 1 N–H and O–H groups in total. The predicted molar refractivity (Wildman–Crippen MR) is 101 cm³/mol. The Morgan fingerprint density at radius 1 is 1.34 bits per heavy atom. The van der Waals surface area contributed by atoms with Crippen molar-refractivity contribution >= 4 is 0 Å². The Morgan fingerprint density at radius 3 is 2.59 bits per heavy atom.